The fourth-order valence-corrected chi connectivity index (χ4v) is 2.13. The van der Waals surface area contributed by atoms with Crippen LogP contribution in [0.15, 0.2) is 18.2 Å². The van der Waals surface area contributed by atoms with Gasteiger partial charge in [-0.05, 0) is 25.5 Å². The lowest BCUT2D eigenvalue weighted by Gasteiger charge is -2.32. The Hall–Kier alpha value is -1.02. The highest BCUT2D eigenvalue weighted by Crippen LogP contribution is 2.37. The van der Waals surface area contributed by atoms with Gasteiger partial charge in [-0.3, -0.25) is 0 Å². The molecular formula is C14H23NO. The van der Waals surface area contributed by atoms with Gasteiger partial charge in [0.1, 0.15) is 5.75 Å². The average Bonchev–Trinajstić information content (AvgIpc) is 2.17. The van der Waals surface area contributed by atoms with Crippen molar-refractivity contribution >= 4 is 0 Å². The molecule has 0 amide bonds. The predicted octanol–water partition coefficient (Wildman–Crippen LogP) is 3.31. The van der Waals surface area contributed by atoms with Gasteiger partial charge >= 0.3 is 0 Å². The third-order valence-electron chi connectivity index (χ3n) is 2.85. The molecule has 0 saturated heterocycles. The van der Waals surface area contributed by atoms with E-state index < -0.39 is 0 Å². The van der Waals surface area contributed by atoms with E-state index in [1.54, 1.807) is 7.11 Å². The van der Waals surface area contributed by atoms with Crippen molar-refractivity contribution in [2.24, 2.45) is 5.41 Å². The monoisotopic (exact) mass is 221 g/mol. The van der Waals surface area contributed by atoms with Crippen LogP contribution in [0.2, 0.25) is 0 Å². The highest BCUT2D eigenvalue weighted by molar-refractivity contribution is 5.39. The minimum atomic E-state index is 0.163. The number of benzene rings is 1. The Kier molecular flexibility index (Phi) is 3.98. The molecule has 1 rings (SSSR count). The van der Waals surface area contributed by atoms with Crippen molar-refractivity contribution in [3.8, 4) is 5.75 Å². The van der Waals surface area contributed by atoms with Crippen molar-refractivity contribution in [3.05, 3.63) is 29.3 Å². The number of methoxy groups -OCH3 is 1. The first kappa shape index (κ1) is 13.0. The molecule has 0 heterocycles. The Morgan fingerprint density at radius 2 is 1.88 bits per heavy atom. The molecule has 0 fully saturated rings. The number of aryl methyl sites for hydroxylation is 1. The number of hydrogen-bond acceptors (Lipinski definition) is 2. The zero-order valence-electron chi connectivity index (χ0n) is 11.2. The van der Waals surface area contributed by atoms with Crippen LogP contribution in [-0.2, 0) is 0 Å². The Morgan fingerprint density at radius 1 is 1.25 bits per heavy atom. The van der Waals surface area contributed by atoms with E-state index >= 15 is 0 Å². The third-order valence-corrected chi connectivity index (χ3v) is 2.85. The summed E-state index contributed by atoms with van der Waals surface area (Å²) in [6.07, 6.45) is 0. The van der Waals surface area contributed by atoms with Crippen molar-refractivity contribution in [1.82, 2.24) is 5.32 Å². The summed E-state index contributed by atoms with van der Waals surface area (Å²) in [6.45, 7) is 8.81. The number of rotatable bonds is 3. The molecule has 2 heteroatoms. The number of nitrogens with one attached hydrogen (secondary N) is 1. The van der Waals surface area contributed by atoms with Crippen LogP contribution in [0, 0.1) is 12.3 Å². The maximum Gasteiger partial charge on any atom is 0.123 e. The number of hydrogen-bond donors (Lipinski definition) is 1. The fourth-order valence-electron chi connectivity index (χ4n) is 2.13. The molecule has 0 radical (unpaired) electrons. The normalized spacial score (nSPS) is 13.6. The molecule has 1 aromatic carbocycles. The van der Waals surface area contributed by atoms with Gasteiger partial charge in [0.05, 0.1) is 7.11 Å². The summed E-state index contributed by atoms with van der Waals surface area (Å²) in [5.74, 6) is 0.958. The van der Waals surface area contributed by atoms with Gasteiger partial charge in [-0.15, -0.1) is 0 Å². The second-order valence-electron chi connectivity index (χ2n) is 5.33. The standard InChI is InChI=1S/C14H23NO/c1-10-7-8-12(16-6)11(9-10)13(15-5)14(2,3)4/h7-9,13,15H,1-6H3. The maximum atomic E-state index is 5.44. The van der Waals surface area contributed by atoms with Crippen LogP contribution in [0.3, 0.4) is 0 Å². The topological polar surface area (TPSA) is 21.3 Å². The third kappa shape index (κ3) is 2.76. The Morgan fingerprint density at radius 3 is 2.31 bits per heavy atom. The van der Waals surface area contributed by atoms with Crippen LogP contribution < -0.4 is 10.1 Å². The van der Waals surface area contributed by atoms with Crippen molar-refractivity contribution < 1.29 is 4.74 Å². The summed E-state index contributed by atoms with van der Waals surface area (Å²) in [7, 11) is 3.72. The molecule has 0 aliphatic rings. The molecule has 1 aromatic rings. The van der Waals surface area contributed by atoms with E-state index in [9.17, 15) is 0 Å². The van der Waals surface area contributed by atoms with E-state index in [2.05, 4.69) is 45.1 Å². The highest BCUT2D eigenvalue weighted by Gasteiger charge is 2.27. The van der Waals surface area contributed by atoms with Crippen molar-refractivity contribution in [2.45, 2.75) is 33.7 Å². The summed E-state index contributed by atoms with van der Waals surface area (Å²) < 4.78 is 5.44. The molecule has 16 heavy (non-hydrogen) atoms. The fraction of sp³-hybridized carbons (Fsp3) is 0.571. The van der Waals surface area contributed by atoms with Gasteiger partial charge < -0.3 is 10.1 Å². The summed E-state index contributed by atoms with van der Waals surface area (Å²) in [4.78, 5) is 0. The second kappa shape index (κ2) is 4.88. The van der Waals surface area contributed by atoms with Gasteiger partial charge in [0.15, 0.2) is 0 Å². The van der Waals surface area contributed by atoms with Crippen LogP contribution in [0.5, 0.6) is 5.75 Å². The summed E-state index contributed by atoms with van der Waals surface area (Å²) >= 11 is 0. The second-order valence-corrected chi connectivity index (χ2v) is 5.33. The first-order valence-electron chi connectivity index (χ1n) is 5.72. The Bertz CT molecular complexity index is 352. The predicted molar refractivity (Wildman–Crippen MR) is 69.0 cm³/mol. The molecule has 90 valence electrons. The summed E-state index contributed by atoms with van der Waals surface area (Å²) in [5, 5.41) is 3.38. The van der Waals surface area contributed by atoms with Crippen LogP contribution in [0.1, 0.15) is 37.9 Å². The quantitative estimate of drug-likeness (QED) is 0.845. The SMILES string of the molecule is CNC(c1cc(C)ccc1OC)C(C)(C)C. The van der Waals surface area contributed by atoms with Gasteiger partial charge in [0, 0.05) is 11.6 Å². The molecule has 0 aliphatic heterocycles. The first-order chi connectivity index (χ1) is 7.40. The van der Waals surface area contributed by atoms with Crippen molar-refractivity contribution in [2.75, 3.05) is 14.2 Å². The molecule has 2 nitrogen and oxygen atoms in total. The van der Waals surface area contributed by atoms with E-state index in [1.807, 2.05) is 13.1 Å². The van der Waals surface area contributed by atoms with E-state index in [1.165, 1.54) is 11.1 Å². The molecule has 0 saturated carbocycles. The van der Waals surface area contributed by atoms with Gasteiger partial charge in [0.2, 0.25) is 0 Å². The average molecular weight is 221 g/mol. The molecule has 0 aromatic heterocycles. The largest absolute Gasteiger partial charge is 0.496 e. The maximum absolute atomic E-state index is 5.44. The summed E-state index contributed by atoms with van der Waals surface area (Å²) in [6, 6.07) is 6.62. The highest BCUT2D eigenvalue weighted by atomic mass is 16.5. The van der Waals surface area contributed by atoms with Gasteiger partial charge in [-0.2, -0.15) is 0 Å². The molecular weight excluding hydrogens is 198 g/mol. The van der Waals surface area contributed by atoms with Crippen molar-refractivity contribution in [3.63, 3.8) is 0 Å². The van der Waals surface area contributed by atoms with Crippen molar-refractivity contribution in [1.29, 1.82) is 0 Å². The van der Waals surface area contributed by atoms with Crippen LogP contribution in [-0.4, -0.2) is 14.2 Å². The van der Waals surface area contributed by atoms with Gasteiger partial charge in [-0.1, -0.05) is 38.5 Å². The van der Waals surface area contributed by atoms with Gasteiger partial charge in [-0.25, -0.2) is 0 Å². The van der Waals surface area contributed by atoms with Crippen LogP contribution in [0.4, 0.5) is 0 Å². The summed E-state index contributed by atoms with van der Waals surface area (Å²) in [5.41, 5.74) is 2.66. The molecule has 0 aliphatic carbocycles. The van der Waals surface area contributed by atoms with E-state index in [-0.39, 0.29) is 5.41 Å². The molecule has 1 unspecified atom stereocenters. The Labute approximate surface area is 99.0 Å². The minimum absolute atomic E-state index is 0.163. The molecule has 1 atom stereocenters. The lowest BCUT2D eigenvalue weighted by atomic mass is 9.81. The molecule has 0 spiro atoms. The first-order valence-corrected chi connectivity index (χ1v) is 5.72. The Balaban J connectivity index is 3.23. The van der Waals surface area contributed by atoms with E-state index in [0.717, 1.165) is 5.75 Å². The lowest BCUT2D eigenvalue weighted by molar-refractivity contribution is 0.277. The minimum Gasteiger partial charge on any atom is -0.496 e. The van der Waals surface area contributed by atoms with E-state index in [0.29, 0.717) is 6.04 Å². The zero-order valence-corrected chi connectivity index (χ0v) is 11.2. The smallest absolute Gasteiger partial charge is 0.123 e. The van der Waals surface area contributed by atoms with Crippen LogP contribution in [0.25, 0.3) is 0 Å². The molecule has 0 bridgehead atoms. The lowest BCUT2D eigenvalue weighted by Crippen LogP contribution is -2.30. The zero-order chi connectivity index (χ0) is 12.3. The van der Waals surface area contributed by atoms with Crippen LogP contribution >= 0.6 is 0 Å². The molecule has 1 N–H and O–H groups in total. The number of ether oxygens (including phenoxy) is 1. The van der Waals surface area contributed by atoms with Gasteiger partial charge in [0.25, 0.3) is 0 Å². The van der Waals surface area contributed by atoms with E-state index in [4.69, 9.17) is 4.74 Å².